The monoisotopic (exact) mass is 360 g/mol. The molecule has 3 fully saturated rings. The zero-order chi connectivity index (χ0) is 18.3. The van der Waals surface area contributed by atoms with E-state index in [9.17, 15) is 14.4 Å². The topological polar surface area (TPSA) is 85.4 Å². The summed E-state index contributed by atoms with van der Waals surface area (Å²) in [6.45, 7) is 1.51. The van der Waals surface area contributed by atoms with Crippen LogP contribution in [0.5, 0.6) is 5.75 Å². The average molecular weight is 360 g/mol. The van der Waals surface area contributed by atoms with E-state index in [0.29, 0.717) is 44.0 Å². The van der Waals surface area contributed by atoms with Crippen LogP contribution in [0.15, 0.2) is 24.3 Å². The van der Waals surface area contributed by atoms with Gasteiger partial charge in [-0.1, -0.05) is 0 Å². The number of imide groups is 1. The second kappa shape index (κ2) is 6.60. The lowest BCUT2D eigenvalue weighted by Crippen LogP contribution is -2.44. The summed E-state index contributed by atoms with van der Waals surface area (Å²) >= 11 is 0. The maximum atomic E-state index is 12.8. The maximum absolute atomic E-state index is 12.8. The molecule has 0 radical (unpaired) electrons. The predicted octanol–water partition coefficient (Wildman–Crippen LogP) is 1.18. The number of rotatable bonds is 4. The molecule has 26 heavy (non-hydrogen) atoms. The molecule has 0 spiro atoms. The molecule has 0 aromatic heterocycles. The highest BCUT2D eigenvalue weighted by Crippen LogP contribution is 2.34. The molecular formula is C18H20N2O6. The molecule has 138 valence electrons. The highest BCUT2D eigenvalue weighted by atomic mass is 16.6. The van der Waals surface area contributed by atoms with Crippen molar-refractivity contribution in [3.8, 4) is 5.75 Å². The van der Waals surface area contributed by atoms with Crippen LogP contribution in [0.2, 0.25) is 0 Å². The van der Waals surface area contributed by atoms with Crippen molar-refractivity contribution in [2.24, 2.45) is 5.92 Å². The van der Waals surface area contributed by atoms with Gasteiger partial charge in [0.2, 0.25) is 0 Å². The largest absolute Gasteiger partial charge is 0.486 e. The van der Waals surface area contributed by atoms with Crippen molar-refractivity contribution in [3.05, 3.63) is 24.3 Å². The fraction of sp³-hybridized carbons (Fsp3) is 0.500. The van der Waals surface area contributed by atoms with Crippen LogP contribution < -0.4 is 9.64 Å². The number of piperidine rings is 1. The Hall–Kier alpha value is -2.61. The van der Waals surface area contributed by atoms with Gasteiger partial charge in [0.1, 0.15) is 17.9 Å². The van der Waals surface area contributed by atoms with Gasteiger partial charge in [-0.25, -0.2) is 9.69 Å². The smallest absolute Gasteiger partial charge is 0.332 e. The Morgan fingerprint density at radius 3 is 2.54 bits per heavy atom. The van der Waals surface area contributed by atoms with E-state index in [-0.39, 0.29) is 29.9 Å². The molecule has 3 heterocycles. The number of urea groups is 1. The Kier molecular flexibility index (Phi) is 4.28. The Morgan fingerprint density at radius 2 is 1.92 bits per heavy atom. The van der Waals surface area contributed by atoms with Crippen molar-refractivity contribution in [2.45, 2.75) is 25.0 Å². The summed E-state index contributed by atoms with van der Waals surface area (Å²) in [5.74, 6) is -0.308. The number of hydrogen-bond donors (Lipinski definition) is 0. The Morgan fingerprint density at radius 1 is 1.19 bits per heavy atom. The average Bonchev–Trinajstić information content (AvgIpc) is 2.88. The van der Waals surface area contributed by atoms with E-state index < -0.39 is 6.04 Å². The Bertz CT molecular complexity index is 730. The van der Waals surface area contributed by atoms with Gasteiger partial charge < -0.3 is 19.1 Å². The number of amides is 3. The number of ether oxygens (including phenoxy) is 3. The van der Waals surface area contributed by atoms with E-state index in [4.69, 9.17) is 14.2 Å². The number of carbonyl (C=O) groups is 3. The van der Waals surface area contributed by atoms with Gasteiger partial charge in [0.05, 0.1) is 31.9 Å². The summed E-state index contributed by atoms with van der Waals surface area (Å²) in [4.78, 5) is 40.0. The zero-order valence-electron chi connectivity index (χ0n) is 14.4. The summed E-state index contributed by atoms with van der Waals surface area (Å²) in [6, 6.07) is 5.92. The molecule has 2 unspecified atom stereocenters. The second-order valence-electron chi connectivity index (χ2n) is 6.68. The van der Waals surface area contributed by atoms with Gasteiger partial charge in [-0.05, 0) is 37.1 Å². The first-order valence-electron chi connectivity index (χ1n) is 8.65. The SMILES string of the molecule is COC(=O)C1CCN2C(=O)N(c3ccc(OC4COC4)cc3)C(=O)C2C1. The number of carbonyl (C=O) groups excluding carboxylic acids is 3. The van der Waals surface area contributed by atoms with E-state index in [1.807, 2.05) is 0 Å². The van der Waals surface area contributed by atoms with Crippen molar-refractivity contribution < 1.29 is 28.6 Å². The molecule has 3 aliphatic rings. The molecule has 3 amide bonds. The lowest BCUT2D eigenvalue weighted by Gasteiger charge is -2.30. The normalized spacial score (nSPS) is 25.7. The molecule has 1 aromatic carbocycles. The summed E-state index contributed by atoms with van der Waals surface area (Å²) in [7, 11) is 1.34. The lowest BCUT2D eigenvalue weighted by molar-refractivity contribution is -0.147. The van der Waals surface area contributed by atoms with Crippen LogP contribution >= 0.6 is 0 Å². The van der Waals surface area contributed by atoms with Gasteiger partial charge in [-0.15, -0.1) is 0 Å². The summed E-state index contributed by atoms with van der Waals surface area (Å²) < 4.78 is 15.5. The van der Waals surface area contributed by atoms with Gasteiger partial charge in [-0.3, -0.25) is 9.59 Å². The third-order valence-corrected chi connectivity index (χ3v) is 5.08. The molecule has 8 nitrogen and oxygen atoms in total. The maximum Gasteiger partial charge on any atom is 0.332 e. The highest BCUT2D eigenvalue weighted by molar-refractivity contribution is 6.21. The van der Waals surface area contributed by atoms with Gasteiger partial charge in [0.15, 0.2) is 0 Å². The molecule has 4 rings (SSSR count). The molecular weight excluding hydrogens is 340 g/mol. The number of benzene rings is 1. The molecule has 0 N–H and O–H groups in total. The van der Waals surface area contributed by atoms with Crippen LogP contribution in [0.1, 0.15) is 12.8 Å². The van der Waals surface area contributed by atoms with Crippen molar-refractivity contribution >= 4 is 23.6 Å². The van der Waals surface area contributed by atoms with Gasteiger partial charge >= 0.3 is 12.0 Å². The molecule has 2 atom stereocenters. The fourth-order valence-corrected chi connectivity index (χ4v) is 3.57. The number of hydrogen-bond acceptors (Lipinski definition) is 6. The number of esters is 1. The summed E-state index contributed by atoms with van der Waals surface area (Å²) in [5, 5.41) is 0. The van der Waals surface area contributed by atoms with Crippen LogP contribution in [0, 0.1) is 5.92 Å². The second-order valence-corrected chi connectivity index (χ2v) is 6.68. The van der Waals surface area contributed by atoms with Crippen LogP contribution in [0.4, 0.5) is 10.5 Å². The first-order chi connectivity index (χ1) is 12.6. The number of nitrogens with zero attached hydrogens (tertiary/aromatic N) is 2. The molecule has 3 saturated heterocycles. The van der Waals surface area contributed by atoms with Crippen molar-refractivity contribution in [2.75, 3.05) is 31.8 Å². The Balaban J connectivity index is 1.49. The van der Waals surface area contributed by atoms with Crippen LogP contribution in [0.25, 0.3) is 0 Å². The minimum atomic E-state index is -0.608. The van der Waals surface area contributed by atoms with Gasteiger partial charge in [0.25, 0.3) is 5.91 Å². The van der Waals surface area contributed by atoms with Crippen LogP contribution in [-0.4, -0.2) is 61.8 Å². The molecule has 0 bridgehead atoms. The first kappa shape index (κ1) is 16.8. The lowest BCUT2D eigenvalue weighted by atomic mass is 9.91. The van der Waals surface area contributed by atoms with Crippen molar-refractivity contribution in [1.82, 2.24) is 4.90 Å². The van der Waals surface area contributed by atoms with Gasteiger partial charge in [0, 0.05) is 6.54 Å². The van der Waals surface area contributed by atoms with E-state index in [1.54, 1.807) is 24.3 Å². The van der Waals surface area contributed by atoms with Crippen molar-refractivity contribution in [1.29, 1.82) is 0 Å². The Labute approximate surface area is 150 Å². The third kappa shape index (κ3) is 2.80. The van der Waals surface area contributed by atoms with E-state index >= 15 is 0 Å². The summed E-state index contributed by atoms with van der Waals surface area (Å²) in [5.41, 5.74) is 0.501. The minimum absolute atomic E-state index is 0.0557. The molecule has 1 aromatic rings. The first-order valence-corrected chi connectivity index (χ1v) is 8.65. The molecule has 0 aliphatic carbocycles. The third-order valence-electron chi connectivity index (χ3n) is 5.08. The van der Waals surface area contributed by atoms with Crippen LogP contribution in [0.3, 0.4) is 0 Å². The van der Waals surface area contributed by atoms with Crippen LogP contribution in [-0.2, 0) is 19.1 Å². The molecule has 0 saturated carbocycles. The number of fused-ring (bicyclic) bond motifs is 1. The number of methoxy groups -OCH3 is 1. The number of anilines is 1. The van der Waals surface area contributed by atoms with Crippen molar-refractivity contribution in [3.63, 3.8) is 0 Å². The van der Waals surface area contributed by atoms with E-state index in [0.717, 1.165) is 0 Å². The van der Waals surface area contributed by atoms with E-state index in [1.165, 1.54) is 16.9 Å². The molecule has 3 aliphatic heterocycles. The van der Waals surface area contributed by atoms with E-state index in [2.05, 4.69) is 0 Å². The summed E-state index contributed by atoms with van der Waals surface area (Å²) in [6.07, 6.45) is 0.864. The minimum Gasteiger partial charge on any atom is -0.486 e. The predicted molar refractivity (Wildman–Crippen MR) is 89.8 cm³/mol. The molecule has 8 heteroatoms. The zero-order valence-corrected chi connectivity index (χ0v) is 14.4. The quantitative estimate of drug-likeness (QED) is 0.592. The fourth-order valence-electron chi connectivity index (χ4n) is 3.57. The van der Waals surface area contributed by atoms with Gasteiger partial charge in [-0.2, -0.15) is 0 Å². The highest BCUT2D eigenvalue weighted by Gasteiger charge is 2.49. The standard InChI is InChI=1S/C18H20N2O6/c1-24-17(22)11-6-7-19-15(8-11)16(21)20(18(19)23)12-2-4-13(5-3-12)26-14-9-25-10-14/h2-5,11,14-15H,6-10H2,1H3.